The summed E-state index contributed by atoms with van der Waals surface area (Å²) in [5, 5.41) is 9.43. The largest absolute Gasteiger partial charge is 1.00 e. The molecule has 4 N–H and O–H groups in total. The van der Waals surface area contributed by atoms with Gasteiger partial charge in [-0.2, -0.15) is 0 Å². The second-order valence-corrected chi connectivity index (χ2v) is 17.5. The van der Waals surface area contributed by atoms with Crippen LogP contribution in [0.25, 0.3) is 0 Å². The van der Waals surface area contributed by atoms with Crippen molar-refractivity contribution in [2.75, 3.05) is 37.4 Å². The number of carbonyl (C=O) groups excluding carboxylic acids is 4. The zero-order valence-electron chi connectivity index (χ0n) is 28.8. The molecule has 0 saturated carbocycles. The molecule has 2 amide bonds. The Bertz CT molecular complexity index is 1350. The zero-order chi connectivity index (χ0) is 35.3. The molecular weight excluding hydrogens is 757 g/mol. The Morgan fingerprint density at radius 1 is 0.760 bits per heavy atom. The van der Waals surface area contributed by atoms with Crippen LogP contribution < -0.4 is 49.3 Å². The first kappa shape index (κ1) is 43.3. The van der Waals surface area contributed by atoms with E-state index in [2.05, 4.69) is 102 Å². The lowest BCUT2D eigenvalue weighted by atomic mass is 10.1. The molecule has 9 nitrogen and oxygen atoms in total. The third-order valence-corrected chi connectivity index (χ3v) is 14.8. The lowest BCUT2D eigenvalue weighted by molar-refractivity contribution is -0.145. The normalized spacial score (nSPS) is 12.1. The number of halogens is 1. The van der Waals surface area contributed by atoms with Gasteiger partial charge < -0.3 is 42.8 Å². The molecule has 0 aliphatic carbocycles. The van der Waals surface area contributed by atoms with E-state index in [0.29, 0.717) is 5.75 Å². The van der Waals surface area contributed by atoms with Crippen molar-refractivity contribution in [2.45, 2.75) is 58.0 Å². The van der Waals surface area contributed by atoms with E-state index in [-0.39, 0.29) is 49.6 Å². The number of carbonyl (C=O) groups is 4. The molecule has 3 rings (SSSR count). The topological polar surface area (TPSA) is 137 Å². The van der Waals surface area contributed by atoms with Crippen LogP contribution in [0.4, 0.5) is 0 Å². The van der Waals surface area contributed by atoms with Crippen LogP contribution in [0.2, 0.25) is 0 Å². The zero-order valence-corrected chi connectivity index (χ0v) is 32.9. The minimum Gasteiger partial charge on any atom is -1.00 e. The summed E-state index contributed by atoms with van der Waals surface area (Å²) in [5.41, 5.74) is 5.82. The van der Waals surface area contributed by atoms with E-state index in [1.165, 1.54) is 26.7 Å². The molecular formula is C37H49BrN3O6PS2. The number of rotatable bonds is 22. The van der Waals surface area contributed by atoms with Crippen molar-refractivity contribution < 1.29 is 45.6 Å². The first-order valence-corrected chi connectivity index (χ1v) is 21.2. The van der Waals surface area contributed by atoms with E-state index in [9.17, 15) is 19.2 Å². The maximum Gasteiger partial charge on any atom is 0.325 e. The van der Waals surface area contributed by atoms with E-state index in [1.54, 1.807) is 24.6 Å². The van der Waals surface area contributed by atoms with E-state index in [4.69, 9.17) is 15.2 Å². The lowest BCUT2D eigenvalue weighted by Gasteiger charge is -2.27. The van der Waals surface area contributed by atoms with Gasteiger partial charge >= 0.3 is 11.9 Å². The van der Waals surface area contributed by atoms with Crippen LogP contribution in [0.15, 0.2) is 91.0 Å². The molecule has 13 heteroatoms. The number of benzene rings is 3. The Balaban J connectivity index is 0.00000867. The smallest absolute Gasteiger partial charge is 0.325 e. The lowest BCUT2D eigenvalue weighted by Crippen LogP contribution is -3.00. The van der Waals surface area contributed by atoms with Gasteiger partial charge in [-0.3, -0.25) is 19.2 Å². The van der Waals surface area contributed by atoms with Crippen molar-refractivity contribution >= 4 is 68.5 Å². The van der Waals surface area contributed by atoms with E-state index < -0.39 is 43.1 Å². The third-order valence-electron chi connectivity index (χ3n) is 7.77. The van der Waals surface area contributed by atoms with Crippen LogP contribution in [0.3, 0.4) is 0 Å². The molecule has 0 aliphatic heterocycles. The van der Waals surface area contributed by atoms with Crippen LogP contribution >= 0.6 is 28.9 Å². The second-order valence-electron chi connectivity index (χ2n) is 11.2. The fourth-order valence-electron chi connectivity index (χ4n) is 5.34. The molecule has 0 unspecified atom stereocenters. The molecule has 0 bridgehead atoms. The first-order chi connectivity index (χ1) is 23.8. The van der Waals surface area contributed by atoms with Crippen molar-refractivity contribution in [3.05, 3.63) is 91.0 Å². The van der Waals surface area contributed by atoms with Gasteiger partial charge in [0.15, 0.2) is 0 Å². The maximum atomic E-state index is 12.9. The highest BCUT2D eigenvalue weighted by atomic mass is 79.9. The minimum atomic E-state index is -1.86. The molecule has 2 atom stereocenters. The highest BCUT2D eigenvalue weighted by Gasteiger charge is 2.44. The molecule has 0 aliphatic rings. The van der Waals surface area contributed by atoms with E-state index >= 15 is 0 Å². The molecule has 3 aromatic rings. The Labute approximate surface area is 315 Å². The molecule has 3 aromatic carbocycles. The summed E-state index contributed by atoms with van der Waals surface area (Å²) in [7, 11) is 1.30. The molecule has 0 heterocycles. The average molecular weight is 807 g/mol. The average Bonchev–Trinajstić information content (AvgIpc) is 3.13. The fraction of sp³-hybridized carbons (Fsp3) is 0.405. The number of unbranched alkanes of at least 4 members (excludes halogenated alkanes) is 2. The summed E-state index contributed by atoms with van der Waals surface area (Å²) in [5.74, 6) is -0.826. The highest BCUT2D eigenvalue weighted by Crippen LogP contribution is 2.56. The minimum absolute atomic E-state index is 0. The summed E-state index contributed by atoms with van der Waals surface area (Å²) in [4.78, 5) is 49.2. The summed E-state index contributed by atoms with van der Waals surface area (Å²) in [6.45, 7) is 3.49. The molecule has 50 heavy (non-hydrogen) atoms. The Morgan fingerprint density at radius 3 is 1.82 bits per heavy atom. The standard InChI is InChI=1S/C37H48N3O6PS2.BrH/c1-3-45-35(42)27-39-36(43)33(40-34(41)24-23-32(38)37(44)46-4-2)28-49-48-26-16-8-15-25-47(29-17-9-5-10-18-29,30-19-11-6-12-20-30)31-21-13-7-14-22-31;/h5-7,9-14,17-22,32-33H,3-4,8,15-16,23-28,38H2,1-2H3,(H-,39,40,41,43);1H/t32-,33-;/m0./s1. The Kier molecular flexibility index (Phi) is 21.1. The Hall–Kier alpha value is -2.89. The van der Waals surface area contributed by atoms with Gasteiger partial charge in [-0.1, -0.05) is 76.2 Å². The van der Waals surface area contributed by atoms with Crippen molar-refractivity contribution in [1.82, 2.24) is 10.6 Å². The van der Waals surface area contributed by atoms with Gasteiger partial charge in [0.05, 0.1) is 19.4 Å². The van der Waals surface area contributed by atoms with Gasteiger partial charge in [0, 0.05) is 17.9 Å². The second kappa shape index (κ2) is 24.3. The van der Waals surface area contributed by atoms with Crippen LogP contribution in [-0.4, -0.2) is 73.3 Å². The molecule has 272 valence electrons. The number of hydrogen-bond acceptors (Lipinski definition) is 9. The SMILES string of the molecule is CCOC(=O)CNC(=O)[C@H](CSSCCCCC[P+](c1ccccc1)(c1ccccc1)c1ccccc1)NC(=O)CC[C@H](N)C(=O)OCC.[Br-]. The number of nitrogens with one attached hydrogen (secondary N) is 2. The number of ether oxygens (including phenoxy) is 2. The molecule has 0 aromatic heterocycles. The van der Waals surface area contributed by atoms with E-state index in [1.807, 2.05) is 0 Å². The van der Waals surface area contributed by atoms with E-state index in [0.717, 1.165) is 31.2 Å². The molecule has 0 fully saturated rings. The number of nitrogens with two attached hydrogens (primary N) is 1. The van der Waals surface area contributed by atoms with Crippen molar-refractivity contribution in [3.8, 4) is 0 Å². The number of amides is 2. The Morgan fingerprint density at radius 2 is 1.30 bits per heavy atom. The summed E-state index contributed by atoms with van der Waals surface area (Å²) in [6, 6.07) is 30.9. The third kappa shape index (κ3) is 14.0. The van der Waals surface area contributed by atoms with Crippen LogP contribution in [-0.2, 0) is 28.7 Å². The molecule has 0 saturated heterocycles. The van der Waals surface area contributed by atoms with Gasteiger partial charge in [-0.25, -0.2) is 0 Å². The van der Waals surface area contributed by atoms with Crippen molar-refractivity contribution in [2.24, 2.45) is 5.73 Å². The molecule has 0 spiro atoms. The maximum absolute atomic E-state index is 12.9. The van der Waals surface area contributed by atoms with Gasteiger partial charge in [-0.15, -0.1) is 0 Å². The fourth-order valence-corrected chi connectivity index (χ4v) is 12.1. The summed E-state index contributed by atoms with van der Waals surface area (Å²) in [6.07, 6.45) is 4.25. The van der Waals surface area contributed by atoms with Crippen molar-refractivity contribution in [3.63, 3.8) is 0 Å². The van der Waals surface area contributed by atoms with Gasteiger partial charge in [0.2, 0.25) is 11.8 Å². The highest BCUT2D eigenvalue weighted by molar-refractivity contribution is 8.76. The molecule has 0 radical (unpaired) electrons. The van der Waals surface area contributed by atoms with Crippen LogP contribution in [0.1, 0.15) is 46.0 Å². The van der Waals surface area contributed by atoms with Gasteiger partial charge in [0.1, 0.15) is 41.8 Å². The summed E-state index contributed by atoms with van der Waals surface area (Å²) < 4.78 is 9.79. The first-order valence-electron chi connectivity index (χ1n) is 16.8. The van der Waals surface area contributed by atoms with Crippen LogP contribution in [0, 0.1) is 0 Å². The van der Waals surface area contributed by atoms with Crippen LogP contribution in [0.5, 0.6) is 0 Å². The van der Waals surface area contributed by atoms with Crippen molar-refractivity contribution in [1.29, 1.82) is 0 Å². The predicted octanol–water partition coefficient (Wildman–Crippen LogP) is 1.37. The monoisotopic (exact) mass is 805 g/mol. The quantitative estimate of drug-likeness (QED) is 0.0596. The van der Waals surface area contributed by atoms with Gasteiger partial charge in [-0.05, 0) is 75.9 Å². The number of hydrogen-bond donors (Lipinski definition) is 3. The summed E-state index contributed by atoms with van der Waals surface area (Å²) >= 11 is 0. The number of esters is 2. The van der Waals surface area contributed by atoms with Gasteiger partial charge in [0.25, 0.3) is 0 Å². The predicted molar refractivity (Wildman–Crippen MR) is 204 cm³/mol.